The molecular formula is C18H23F2NO3. The van der Waals surface area contributed by atoms with Crippen molar-refractivity contribution in [2.75, 3.05) is 6.54 Å². The molecule has 1 heterocycles. The van der Waals surface area contributed by atoms with Crippen molar-refractivity contribution in [1.82, 2.24) is 4.90 Å². The van der Waals surface area contributed by atoms with Gasteiger partial charge in [-0.3, -0.25) is 14.5 Å². The molecule has 1 N–H and O–H groups in total. The topological polar surface area (TPSA) is 57.6 Å². The van der Waals surface area contributed by atoms with Gasteiger partial charge in [0.05, 0.1) is 6.54 Å². The van der Waals surface area contributed by atoms with Crippen LogP contribution in [0.25, 0.3) is 0 Å². The summed E-state index contributed by atoms with van der Waals surface area (Å²) in [4.78, 5) is 26.0. The van der Waals surface area contributed by atoms with E-state index >= 15 is 0 Å². The van der Waals surface area contributed by atoms with Gasteiger partial charge in [0.15, 0.2) is 17.4 Å². The minimum Gasteiger partial charge on any atom is -0.481 e. The Labute approximate surface area is 140 Å². The lowest BCUT2D eigenvalue weighted by atomic mass is 9.92. The van der Waals surface area contributed by atoms with E-state index in [-0.39, 0.29) is 25.0 Å². The molecule has 1 aromatic carbocycles. The lowest BCUT2D eigenvalue weighted by Gasteiger charge is -2.38. The van der Waals surface area contributed by atoms with Crippen molar-refractivity contribution in [3.05, 3.63) is 35.4 Å². The summed E-state index contributed by atoms with van der Waals surface area (Å²) in [7, 11) is 0. The van der Waals surface area contributed by atoms with E-state index in [1.165, 1.54) is 6.07 Å². The van der Waals surface area contributed by atoms with E-state index in [9.17, 15) is 23.5 Å². The molecule has 0 bridgehead atoms. The number of carboxylic acids is 1. The average Bonchev–Trinajstić information content (AvgIpc) is 2.51. The standard InChI is InChI=1S/C18H23F2NO3/c1-11-4-3-5-12(2)21(11)10-17(22)14(18(23)24)8-13-6-7-15(19)16(20)9-13/h6-7,9,11-12,14H,3-5,8,10H2,1-2H3,(H,23,24)/t11-,12+,14-/m0/s1. The van der Waals surface area contributed by atoms with Crippen molar-refractivity contribution in [2.24, 2.45) is 5.92 Å². The molecule has 1 fully saturated rings. The third-order valence-corrected chi connectivity index (χ3v) is 4.83. The van der Waals surface area contributed by atoms with Gasteiger partial charge in [-0.15, -0.1) is 0 Å². The number of benzene rings is 1. The fourth-order valence-electron chi connectivity index (χ4n) is 3.32. The highest BCUT2D eigenvalue weighted by Gasteiger charge is 2.32. The minimum absolute atomic E-state index is 0.0724. The number of ketones is 1. The maximum Gasteiger partial charge on any atom is 0.314 e. The van der Waals surface area contributed by atoms with E-state index in [4.69, 9.17) is 0 Å². The second kappa shape index (κ2) is 7.83. The molecule has 24 heavy (non-hydrogen) atoms. The average molecular weight is 339 g/mol. The van der Waals surface area contributed by atoms with Crippen molar-refractivity contribution < 1.29 is 23.5 Å². The first-order valence-corrected chi connectivity index (χ1v) is 8.24. The van der Waals surface area contributed by atoms with E-state index in [0.717, 1.165) is 31.4 Å². The molecule has 0 aromatic heterocycles. The van der Waals surface area contributed by atoms with E-state index in [1.54, 1.807) is 0 Å². The fourth-order valence-corrected chi connectivity index (χ4v) is 3.32. The second-order valence-corrected chi connectivity index (χ2v) is 6.61. The highest BCUT2D eigenvalue weighted by molar-refractivity contribution is 5.99. The van der Waals surface area contributed by atoms with Crippen LogP contribution in [0.4, 0.5) is 8.78 Å². The zero-order valence-corrected chi connectivity index (χ0v) is 14.0. The maximum atomic E-state index is 13.3. The number of piperidine rings is 1. The summed E-state index contributed by atoms with van der Waals surface area (Å²) in [5.41, 5.74) is 0.300. The van der Waals surface area contributed by atoms with E-state index in [0.29, 0.717) is 5.56 Å². The molecule has 1 aliphatic rings. The quantitative estimate of drug-likeness (QED) is 0.810. The molecule has 1 saturated heterocycles. The number of carboxylic acid groups (broad SMARTS) is 1. The van der Waals surface area contributed by atoms with E-state index in [2.05, 4.69) is 0 Å². The molecule has 2 rings (SSSR count). The van der Waals surface area contributed by atoms with Crippen LogP contribution in [0.2, 0.25) is 0 Å². The van der Waals surface area contributed by atoms with Crippen LogP contribution in [0.15, 0.2) is 18.2 Å². The smallest absolute Gasteiger partial charge is 0.314 e. The number of halogens is 2. The van der Waals surface area contributed by atoms with E-state index in [1.807, 2.05) is 18.7 Å². The molecule has 3 atom stereocenters. The molecule has 4 nitrogen and oxygen atoms in total. The lowest BCUT2D eigenvalue weighted by Crippen LogP contribution is -2.48. The second-order valence-electron chi connectivity index (χ2n) is 6.61. The number of rotatable bonds is 6. The Morgan fingerprint density at radius 2 is 1.83 bits per heavy atom. The van der Waals surface area contributed by atoms with Crippen LogP contribution in [-0.4, -0.2) is 40.4 Å². The number of Topliss-reactive ketones (excluding diaryl/α,β-unsaturated/α-hetero) is 1. The highest BCUT2D eigenvalue weighted by atomic mass is 19.2. The molecule has 0 radical (unpaired) electrons. The zero-order chi connectivity index (χ0) is 17.9. The van der Waals surface area contributed by atoms with Gasteiger partial charge in [0.25, 0.3) is 0 Å². The van der Waals surface area contributed by atoms with Gasteiger partial charge in [0, 0.05) is 12.1 Å². The predicted octanol–water partition coefficient (Wildman–Crippen LogP) is 3.04. The Morgan fingerprint density at radius 3 is 2.38 bits per heavy atom. The number of hydrogen-bond acceptors (Lipinski definition) is 3. The lowest BCUT2D eigenvalue weighted by molar-refractivity contribution is -0.147. The minimum atomic E-state index is -1.25. The summed E-state index contributed by atoms with van der Waals surface area (Å²) < 4.78 is 26.3. The normalized spacial score (nSPS) is 23.0. The molecule has 1 aliphatic heterocycles. The van der Waals surface area contributed by atoms with Crippen LogP contribution in [0.3, 0.4) is 0 Å². The molecule has 1 aromatic rings. The Balaban J connectivity index is 2.10. The van der Waals surface area contributed by atoms with Gasteiger partial charge in [-0.05, 0) is 50.8 Å². The molecule has 132 valence electrons. The van der Waals surface area contributed by atoms with Crippen LogP contribution < -0.4 is 0 Å². The van der Waals surface area contributed by atoms with Gasteiger partial charge < -0.3 is 5.11 Å². The van der Waals surface area contributed by atoms with Gasteiger partial charge >= 0.3 is 5.97 Å². The fraction of sp³-hybridized carbons (Fsp3) is 0.556. The Hall–Kier alpha value is -1.82. The summed E-state index contributed by atoms with van der Waals surface area (Å²) in [5.74, 6) is -4.92. The van der Waals surface area contributed by atoms with Crippen LogP contribution in [0.1, 0.15) is 38.7 Å². The van der Waals surface area contributed by atoms with Crippen LogP contribution >= 0.6 is 0 Å². The zero-order valence-electron chi connectivity index (χ0n) is 14.0. The van der Waals surface area contributed by atoms with Crippen LogP contribution in [0.5, 0.6) is 0 Å². The summed E-state index contributed by atoms with van der Waals surface area (Å²) >= 11 is 0. The number of likely N-dealkylation sites (tertiary alicyclic amines) is 1. The van der Waals surface area contributed by atoms with Crippen molar-refractivity contribution in [1.29, 1.82) is 0 Å². The van der Waals surface area contributed by atoms with Gasteiger partial charge in [-0.25, -0.2) is 8.78 Å². The van der Waals surface area contributed by atoms with Crippen molar-refractivity contribution in [3.8, 4) is 0 Å². The van der Waals surface area contributed by atoms with Crippen LogP contribution in [0, 0.1) is 17.6 Å². The van der Waals surface area contributed by atoms with Crippen molar-refractivity contribution in [2.45, 2.75) is 51.6 Å². The van der Waals surface area contributed by atoms with Crippen molar-refractivity contribution in [3.63, 3.8) is 0 Å². The molecule has 0 aliphatic carbocycles. The first-order chi connectivity index (χ1) is 11.3. The molecule has 0 unspecified atom stereocenters. The molecular weight excluding hydrogens is 316 g/mol. The predicted molar refractivity (Wildman–Crippen MR) is 85.7 cm³/mol. The Kier molecular flexibility index (Phi) is 6.04. The Morgan fingerprint density at radius 1 is 1.21 bits per heavy atom. The third-order valence-electron chi connectivity index (χ3n) is 4.83. The number of nitrogens with zero attached hydrogens (tertiary/aromatic N) is 1. The summed E-state index contributed by atoms with van der Waals surface area (Å²) in [5, 5.41) is 9.38. The van der Waals surface area contributed by atoms with E-state index < -0.39 is 29.3 Å². The number of hydrogen-bond donors (Lipinski definition) is 1. The summed E-state index contributed by atoms with van der Waals surface area (Å²) in [6.45, 7) is 4.14. The number of carbonyl (C=O) groups excluding carboxylic acids is 1. The number of carbonyl (C=O) groups is 2. The van der Waals surface area contributed by atoms with Gasteiger partial charge in [-0.2, -0.15) is 0 Å². The molecule has 0 spiro atoms. The monoisotopic (exact) mass is 339 g/mol. The Bertz CT molecular complexity index is 610. The summed E-state index contributed by atoms with van der Waals surface area (Å²) in [6, 6.07) is 3.67. The SMILES string of the molecule is C[C@@H]1CCC[C@H](C)N1CC(=O)[C@H](Cc1ccc(F)c(F)c1)C(=O)O. The molecule has 0 saturated carbocycles. The highest BCUT2D eigenvalue weighted by Crippen LogP contribution is 2.23. The first-order valence-electron chi connectivity index (χ1n) is 8.24. The van der Waals surface area contributed by atoms with Gasteiger partial charge in [0.2, 0.25) is 0 Å². The molecule has 0 amide bonds. The summed E-state index contributed by atoms with van der Waals surface area (Å²) in [6.07, 6.45) is 2.93. The van der Waals surface area contributed by atoms with Crippen molar-refractivity contribution >= 4 is 11.8 Å². The largest absolute Gasteiger partial charge is 0.481 e. The first kappa shape index (κ1) is 18.5. The van der Waals surface area contributed by atoms with Gasteiger partial charge in [-0.1, -0.05) is 12.5 Å². The third kappa shape index (κ3) is 4.38. The number of aliphatic carboxylic acids is 1. The van der Waals surface area contributed by atoms with Crippen LogP contribution in [-0.2, 0) is 16.0 Å². The molecule has 6 heteroatoms. The maximum absolute atomic E-state index is 13.3. The van der Waals surface area contributed by atoms with Gasteiger partial charge in [0.1, 0.15) is 5.92 Å².